The molecule has 1 amide bonds. The van der Waals surface area contributed by atoms with E-state index in [-0.39, 0.29) is 11.4 Å². The van der Waals surface area contributed by atoms with Crippen molar-refractivity contribution in [3.8, 4) is 0 Å². The Hall–Kier alpha value is -2.18. The van der Waals surface area contributed by atoms with Gasteiger partial charge in [-0.3, -0.25) is 19.3 Å². The van der Waals surface area contributed by atoms with E-state index >= 15 is 0 Å². The number of likely N-dealkylation sites (N-methyl/N-ethyl adjacent to an activating group) is 1. The van der Waals surface area contributed by atoms with Crippen LogP contribution in [0.3, 0.4) is 0 Å². The molecule has 0 aliphatic carbocycles. The summed E-state index contributed by atoms with van der Waals surface area (Å²) in [4.78, 5) is 17.4. The number of likely N-dealkylation sites (tertiary alicyclic amines) is 1. The Morgan fingerprint density at radius 3 is 2.63 bits per heavy atom. The Bertz CT molecular complexity index is 765. The molecule has 0 radical (unpaired) electrons. The highest BCUT2D eigenvalue weighted by molar-refractivity contribution is 5.86. The van der Waals surface area contributed by atoms with E-state index in [1.54, 1.807) is 0 Å². The second-order valence-corrected chi connectivity index (χ2v) is 7.86. The van der Waals surface area contributed by atoms with Crippen molar-refractivity contribution >= 4 is 5.91 Å². The zero-order chi connectivity index (χ0) is 18.7. The highest BCUT2D eigenvalue weighted by Gasteiger charge is 2.45. The molecule has 2 saturated heterocycles. The fraction of sp³-hybridized carbons (Fsp3) is 0.524. The predicted molar refractivity (Wildman–Crippen MR) is 105 cm³/mol. The largest absolute Gasteiger partial charge is 0.354 e. The third-order valence-corrected chi connectivity index (χ3v) is 6.09. The van der Waals surface area contributed by atoms with E-state index in [0.29, 0.717) is 0 Å². The van der Waals surface area contributed by atoms with Crippen LogP contribution in [0.4, 0.5) is 0 Å². The normalized spacial score (nSPS) is 21.1. The highest BCUT2D eigenvalue weighted by Crippen LogP contribution is 2.30. The number of aromatic nitrogens is 2. The lowest BCUT2D eigenvalue weighted by atomic mass is 9.85. The van der Waals surface area contributed by atoms with Gasteiger partial charge in [0.15, 0.2) is 0 Å². The summed E-state index contributed by atoms with van der Waals surface area (Å²) < 4.78 is 1.95. The van der Waals surface area contributed by atoms with Crippen LogP contribution in [0.1, 0.15) is 30.4 Å². The first-order chi connectivity index (χ1) is 13.2. The van der Waals surface area contributed by atoms with Crippen LogP contribution in [0.2, 0.25) is 0 Å². The predicted octanol–water partition coefficient (Wildman–Crippen LogP) is 1.72. The van der Waals surface area contributed by atoms with Crippen molar-refractivity contribution in [1.82, 2.24) is 24.9 Å². The molecule has 6 heteroatoms. The van der Waals surface area contributed by atoms with E-state index in [1.165, 1.54) is 11.1 Å². The molecule has 0 bridgehead atoms. The third kappa shape index (κ3) is 3.92. The smallest absolute Gasteiger partial charge is 0.240 e. The third-order valence-electron chi connectivity index (χ3n) is 6.09. The van der Waals surface area contributed by atoms with Gasteiger partial charge in [0.25, 0.3) is 0 Å². The van der Waals surface area contributed by atoms with Gasteiger partial charge in [0, 0.05) is 45.1 Å². The summed E-state index contributed by atoms with van der Waals surface area (Å²) in [6, 6.07) is 10.7. The lowest BCUT2D eigenvalue weighted by Crippen LogP contribution is -2.60. The quantitative estimate of drug-likeness (QED) is 0.894. The molecule has 0 atom stereocenters. The molecule has 6 nitrogen and oxygen atoms in total. The van der Waals surface area contributed by atoms with Gasteiger partial charge in [-0.2, -0.15) is 5.10 Å². The molecule has 0 unspecified atom stereocenters. The molecule has 27 heavy (non-hydrogen) atoms. The summed E-state index contributed by atoms with van der Waals surface area (Å²) in [7, 11) is 2.11. The fourth-order valence-electron chi connectivity index (χ4n) is 4.43. The minimum atomic E-state index is -0.311. The molecule has 2 fully saturated rings. The van der Waals surface area contributed by atoms with Crippen LogP contribution in [0, 0.1) is 0 Å². The molecule has 1 spiro atoms. The number of hydrogen-bond donors (Lipinski definition) is 1. The van der Waals surface area contributed by atoms with Crippen molar-refractivity contribution in [1.29, 1.82) is 0 Å². The first-order valence-corrected chi connectivity index (χ1v) is 9.93. The first-order valence-electron chi connectivity index (χ1n) is 9.93. The standard InChI is InChI=1S/C21H29N5O/c1-24-11-3-9-22-20(27)21(24)7-13-25(14-8-21)16-18-5-2-6-19(15-18)17-26-12-4-10-23-26/h2,4-6,10,12,15H,3,7-9,11,13-14,16-17H2,1H3,(H,22,27). The number of amides is 1. The van der Waals surface area contributed by atoms with Crippen LogP contribution in [0.15, 0.2) is 42.7 Å². The van der Waals surface area contributed by atoms with Gasteiger partial charge in [0.2, 0.25) is 5.91 Å². The van der Waals surface area contributed by atoms with Crippen LogP contribution >= 0.6 is 0 Å². The van der Waals surface area contributed by atoms with Crippen LogP contribution in [-0.2, 0) is 17.9 Å². The Morgan fingerprint density at radius 2 is 1.89 bits per heavy atom. The number of piperidine rings is 1. The Labute approximate surface area is 161 Å². The fourth-order valence-corrected chi connectivity index (χ4v) is 4.43. The Morgan fingerprint density at radius 1 is 1.11 bits per heavy atom. The average Bonchev–Trinajstić information content (AvgIpc) is 3.14. The molecule has 144 valence electrons. The molecule has 4 rings (SSSR count). The minimum Gasteiger partial charge on any atom is -0.354 e. The van der Waals surface area contributed by atoms with E-state index < -0.39 is 0 Å². The summed E-state index contributed by atoms with van der Waals surface area (Å²) in [5, 5.41) is 7.41. The molecule has 2 aromatic rings. The molecule has 2 aliphatic rings. The van der Waals surface area contributed by atoms with Crippen molar-refractivity contribution in [2.24, 2.45) is 0 Å². The summed E-state index contributed by atoms with van der Waals surface area (Å²) in [6.45, 7) is 5.46. The van der Waals surface area contributed by atoms with Gasteiger partial charge >= 0.3 is 0 Å². The number of nitrogens with zero attached hydrogens (tertiary/aromatic N) is 4. The monoisotopic (exact) mass is 367 g/mol. The molecule has 3 heterocycles. The number of carbonyl (C=O) groups is 1. The zero-order valence-corrected chi connectivity index (χ0v) is 16.1. The van der Waals surface area contributed by atoms with E-state index in [4.69, 9.17) is 0 Å². The second-order valence-electron chi connectivity index (χ2n) is 7.86. The Balaban J connectivity index is 1.38. The topological polar surface area (TPSA) is 53.4 Å². The number of rotatable bonds is 4. The van der Waals surface area contributed by atoms with Crippen molar-refractivity contribution in [3.05, 3.63) is 53.9 Å². The zero-order valence-electron chi connectivity index (χ0n) is 16.1. The van der Waals surface area contributed by atoms with Crippen molar-refractivity contribution in [2.45, 2.75) is 37.9 Å². The molecule has 2 aliphatic heterocycles. The summed E-state index contributed by atoms with van der Waals surface area (Å²) >= 11 is 0. The maximum absolute atomic E-state index is 12.7. The van der Waals surface area contributed by atoms with Gasteiger partial charge in [-0.1, -0.05) is 24.3 Å². The van der Waals surface area contributed by atoms with Gasteiger partial charge in [-0.05, 0) is 43.5 Å². The van der Waals surface area contributed by atoms with Crippen molar-refractivity contribution in [2.75, 3.05) is 33.2 Å². The molecule has 1 aromatic carbocycles. The maximum atomic E-state index is 12.7. The molecular formula is C21H29N5O. The van der Waals surface area contributed by atoms with Gasteiger partial charge in [-0.15, -0.1) is 0 Å². The van der Waals surface area contributed by atoms with Crippen LogP contribution in [0.25, 0.3) is 0 Å². The van der Waals surface area contributed by atoms with Gasteiger partial charge in [0.05, 0.1) is 6.54 Å². The number of nitrogens with one attached hydrogen (secondary N) is 1. The van der Waals surface area contributed by atoms with Gasteiger partial charge < -0.3 is 5.32 Å². The average molecular weight is 367 g/mol. The lowest BCUT2D eigenvalue weighted by molar-refractivity contribution is -0.134. The van der Waals surface area contributed by atoms with Crippen molar-refractivity contribution in [3.63, 3.8) is 0 Å². The number of carbonyl (C=O) groups excluding carboxylic acids is 1. The maximum Gasteiger partial charge on any atom is 0.240 e. The van der Waals surface area contributed by atoms with Crippen LogP contribution in [0.5, 0.6) is 0 Å². The summed E-state index contributed by atoms with van der Waals surface area (Å²) in [5.74, 6) is 0.225. The van der Waals surface area contributed by atoms with Gasteiger partial charge in [-0.25, -0.2) is 0 Å². The van der Waals surface area contributed by atoms with Crippen LogP contribution in [-0.4, -0.2) is 64.3 Å². The molecule has 0 saturated carbocycles. The van der Waals surface area contributed by atoms with E-state index in [9.17, 15) is 4.79 Å². The lowest BCUT2D eigenvalue weighted by Gasteiger charge is -2.45. The summed E-state index contributed by atoms with van der Waals surface area (Å²) in [5.41, 5.74) is 2.29. The van der Waals surface area contributed by atoms with Crippen LogP contribution < -0.4 is 5.32 Å². The number of hydrogen-bond acceptors (Lipinski definition) is 4. The van der Waals surface area contributed by atoms with E-state index in [2.05, 4.69) is 51.5 Å². The molecule has 1 aromatic heterocycles. The number of benzene rings is 1. The Kier molecular flexibility index (Phi) is 5.27. The van der Waals surface area contributed by atoms with E-state index in [1.807, 2.05) is 23.1 Å². The molecular weight excluding hydrogens is 338 g/mol. The second kappa shape index (κ2) is 7.82. The minimum absolute atomic E-state index is 0.225. The molecule has 1 N–H and O–H groups in total. The van der Waals surface area contributed by atoms with Gasteiger partial charge in [0.1, 0.15) is 5.54 Å². The first kappa shape index (κ1) is 18.2. The van der Waals surface area contributed by atoms with E-state index in [0.717, 1.165) is 58.5 Å². The SMILES string of the molecule is CN1CCCNC(=O)C12CCN(Cc1cccc(Cn3cccn3)c1)CC2. The highest BCUT2D eigenvalue weighted by atomic mass is 16.2. The summed E-state index contributed by atoms with van der Waals surface area (Å²) in [6.07, 6.45) is 6.65. The van der Waals surface area contributed by atoms with Crippen molar-refractivity contribution < 1.29 is 4.79 Å².